The Balaban J connectivity index is 2.17. The molecule has 0 aliphatic carbocycles. The molecule has 1 unspecified atom stereocenters. The van der Waals surface area contributed by atoms with E-state index in [1.165, 1.54) is 0 Å². The van der Waals surface area contributed by atoms with Crippen molar-refractivity contribution in [3.63, 3.8) is 0 Å². The van der Waals surface area contributed by atoms with Gasteiger partial charge < -0.3 is 15.7 Å². The lowest BCUT2D eigenvalue weighted by Gasteiger charge is -2.49. The number of amides is 1. The number of primary amides is 1. The number of rotatable bonds is 5. The highest BCUT2D eigenvalue weighted by atomic mass is 79.9. The van der Waals surface area contributed by atoms with E-state index in [1.54, 1.807) is 0 Å². The van der Waals surface area contributed by atoms with Gasteiger partial charge in [0, 0.05) is 17.6 Å². The van der Waals surface area contributed by atoms with Gasteiger partial charge in [-0.2, -0.15) is 0 Å². The molecular weight excluding hydrogens is 392 g/mol. The van der Waals surface area contributed by atoms with E-state index in [0.717, 1.165) is 28.7 Å². The number of benzene rings is 2. The van der Waals surface area contributed by atoms with E-state index < -0.39 is 16.9 Å². The minimum absolute atomic E-state index is 0.375. The molecule has 1 aliphatic heterocycles. The van der Waals surface area contributed by atoms with Gasteiger partial charge in [-0.3, -0.25) is 4.79 Å². The molecule has 138 valence electrons. The Morgan fingerprint density at radius 1 is 1.19 bits per heavy atom. The van der Waals surface area contributed by atoms with Crippen LogP contribution in [0.3, 0.4) is 0 Å². The average Bonchev–Trinajstić information content (AvgIpc) is 2.63. The smallest absolute Gasteiger partial charge is 0.231 e. The molecule has 4 nitrogen and oxygen atoms in total. The summed E-state index contributed by atoms with van der Waals surface area (Å²) in [7, 11) is 2.03. The van der Waals surface area contributed by atoms with Gasteiger partial charge >= 0.3 is 0 Å². The van der Waals surface area contributed by atoms with Crippen molar-refractivity contribution in [1.29, 1.82) is 0 Å². The van der Waals surface area contributed by atoms with Crippen LogP contribution < -0.4 is 5.73 Å². The van der Waals surface area contributed by atoms with Crippen molar-refractivity contribution >= 4 is 21.8 Å². The van der Waals surface area contributed by atoms with Crippen molar-refractivity contribution in [2.24, 2.45) is 5.73 Å². The van der Waals surface area contributed by atoms with Crippen LogP contribution in [0.1, 0.15) is 24.0 Å². The predicted octanol–water partition coefficient (Wildman–Crippen LogP) is 2.87. The van der Waals surface area contributed by atoms with E-state index in [0.29, 0.717) is 19.3 Å². The van der Waals surface area contributed by atoms with Crippen LogP contribution in [0, 0.1) is 0 Å². The second kappa shape index (κ2) is 7.51. The molecule has 2 aromatic rings. The van der Waals surface area contributed by atoms with Crippen molar-refractivity contribution in [3.05, 3.63) is 70.2 Å². The molecule has 5 heteroatoms. The molecule has 0 spiro atoms. The minimum Gasteiger partial charge on any atom is -0.388 e. The van der Waals surface area contributed by atoms with Crippen molar-refractivity contribution in [2.75, 3.05) is 20.1 Å². The Morgan fingerprint density at radius 3 is 2.42 bits per heavy atom. The van der Waals surface area contributed by atoms with Crippen molar-refractivity contribution in [1.82, 2.24) is 4.90 Å². The van der Waals surface area contributed by atoms with Gasteiger partial charge in [0.2, 0.25) is 5.91 Å². The van der Waals surface area contributed by atoms with E-state index in [4.69, 9.17) is 5.73 Å². The third-order valence-electron chi connectivity index (χ3n) is 5.66. The molecule has 2 aromatic carbocycles. The number of hydrogen-bond donors (Lipinski definition) is 2. The van der Waals surface area contributed by atoms with E-state index in [9.17, 15) is 9.90 Å². The number of likely N-dealkylation sites (tertiary alicyclic amines) is 1. The zero-order chi connectivity index (χ0) is 18.8. The van der Waals surface area contributed by atoms with Crippen LogP contribution in [-0.4, -0.2) is 41.7 Å². The molecule has 0 bridgehead atoms. The standard InChI is InChI=1S/C21H25BrN2O2/c1-24-12-10-20(26,11-13-24)21(19(23)25,15-16-6-3-2-4-7-16)17-8-5-9-18(22)14-17/h2-9,14,26H,10-13,15H2,1H3,(H2,23,25). The summed E-state index contributed by atoms with van der Waals surface area (Å²) >= 11 is 3.50. The van der Waals surface area contributed by atoms with Crippen LogP contribution >= 0.6 is 15.9 Å². The third-order valence-corrected chi connectivity index (χ3v) is 6.15. The lowest BCUT2D eigenvalue weighted by atomic mass is 9.60. The molecule has 0 aromatic heterocycles. The van der Waals surface area contributed by atoms with Crippen LogP contribution in [0.5, 0.6) is 0 Å². The fraction of sp³-hybridized carbons (Fsp3) is 0.381. The zero-order valence-electron chi connectivity index (χ0n) is 15.0. The fourth-order valence-electron chi connectivity index (χ4n) is 4.07. The van der Waals surface area contributed by atoms with Crippen LogP contribution in [0.25, 0.3) is 0 Å². The first-order valence-corrected chi connectivity index (χ1v) is 9.67. The molecule has 1 heterocycles. The quantitative estimate of drug-likeness (QED) is 0.787. The number of nitrogens with two attached hydrogens (primary N) is 1. The number of nitrogens with zero attached hydrogens (tertiary/aromatic N) is 1. The topological polar surface area (TPSA) is 66.6 Å². The van der Waals surface area contributed by atoms with Crippen LogP contribution in [0.2, 0.25) is 0 Å². The second-order valence-electron chi connectivity index (χ2n) is 7.28. The highest BCUT2D eigenvalue weighted by Gasteiger charge is 2.56. The summed E-state index contributed by atoms with van der Waals surface area (Å²) in [5.74, 6) is -0.480. The van der Waals surface area contributed by atoms with E-state index in [1.807, 2.05) is 61.6 Å². The van der Waals surface area contributed by atoms with E-state index >= 15 is 0 Å². The number of carbonyl (C=O) groups excluding carboxylic acids is 1. The molecule has 0 radical (unpaired) electrons. The number of carbonyl (C=O) groups is 1. The summed E-state index contributed by atoms with van der Waals surface area (Å²) < 4.78 is 0.866. The fourth-order valence-corrected chi connectivity index (χ4v) is 4.46. The minimum atomic E-state index is -1.19. The van der Waals surface area contributed by atoms with Crippen LogP contribution in [0.15, 0.2) is 59.1 Å². The van der Waals surface area contributed by atoms with Crippen molar-refractivity contribution < 1.29 is 9.90 Å². The molecule has 26 heavy (non-hydrogen) atoms. The molecule has 1 aliphatic rings. The average molecular weight is 417 g/mol. The molecule has 3 rings (SSSR count). The summed E-state index contributed by atoms with van der Waals surface area (Å²) in [5, 5.41) is 11.7. The number of aliphatic hydroxyl groups is 1. The van der Waals surface area contributed by atoms with Gasteiger partial charge in [-0.05, 0) is 49.6 Å². The molecular formula is C21H25BrN2O2. The zero-order valence-corrected chi connectivity index (χ0v) is 16.6. The first-order valence-electron chi connectivity index (χ1n) is 8.88. The molecule has 3 N–H and O–H groups in total. The van der Waals surface area contributed by atoms with E-state index in [-0.39, 0.29) is 0 Å². The highest BCUT2D eigenvalue weighted by Crippen LogP contribution is 2.45. The highest BCUT2D eigenvalue weighted by molar-refractivity contribution is 9.10. The van der Waals surface area contributed by atoms with Gasteiger partial charge in [-0.15, -0.1) is 0 Å². The Morgan fingerprint density at radius 2 is 1.85 bits per heavy atom. The van der Waals surface area contributed by atoms with Gasteiger partial charge in [0.15, 0.2) is 0 Å². The largest absolute Gasteiger partial charge is 0.388 e. The lowest BCUT2D eigenvalue weighted by Crippen LogP contribution is -2.63. The van der Waals surface area contributed by atoms with Gasteiger partial charge in [0.05, 0.1) is 5.60 Å². The predicted molar refractivity (Wildman–Crippen MR) is 107 cm³/mol. The van der Waals surface area contributed by atoms with Crippen LogP contribution in [-0.2, 0) is 16.6 Å². The Labute approximate surface area is 163 Å². The molecule has 1 amide bonds. The summed E-state index contributed by atoms with van der Waals surface area (Å²) in [5.41, 5.74) is 5.40. The van der Waals surface area contributed by atoms with Gasteiger partial charge in [0.25, 0.3) is 0 Å². The van der Waals surface area contributed by atoms with Crippen molar-refractivity contribution in [3.8, 4) is 0 Å². The van der Waals surface area contributed by atoms with E-state index in [2.05, 4.69) is 20.8 Å². The van der Waals surface area contributed by atoms with Crippen LogP contribution in [0.4, 0.5) is 0 Å². The maximum Gasteiger partial charge on any atom is 0.231 e. The molecule has 0 saturated carbocycles. The number of piperidine rings is 1. The maximum absolute atomic E-state index is 13.0. The summed E-state index contributed by atoms with van der Waals surface area (Å²) in [6, 6.07) is 17.4. The lowest BCUT2D eigenvalue weighted by molar-refractivity contribution is -0.141. The second-order valence-corrected chi connectivity index (χ2v) is 8.19. The Bertz CT molecular complexity index is 773. The molecule has 1 saturated heterocycles. The summed E-state index contributed by atoms with van der Waals surface area (Å²) in [4.78, 5) is 15.1. The molecule has 1 fully saturated rings. The monoisotopic (exact) mass is 416 g/mol. The third kappa shape index (κ3) is 3.43. The first-order chi connectivity index (χ1) is 12.4. The van der Waals surface area contributed by atoms with Crippen molar-refractivity contribution in [2.45, 2.75) is 30.3 Å². The van der Waals surface area contributed by atoms with Gasteiger partial charge in [-0.1, -0.05) is 58.4 Å². The SMILES string of the molecule is CN1CCC(O)(C(Cc2ccccc2)(C(N)=O)c2cccc(Br)c2)CC1. The van der Waals surface area contributed by atoms with Gasteiger partial charge in [-0.25, -0.2) is 0 Å². The Kier molecular flexibility index (Phi) is 5.51. The molecule has 1 atom stereocenters. The maximum atomic E-state index is 13.0. The van der Waals surface area contributed by atoms with Gasteiger partial charge in [0.1, 0.15) is 5.41 Å². The normalized spacial score (nSPS) is 19.7. The summed E-state index contributed by atoms with van der Waals surface area (Å²) in [6.07, 6.45) is 1.39. The number of hydrogen-bond acceptors (Lipinski definition) is 3. The Hall–Kier alpha value is -1.69. The first kappa shape index (κ1) is 19.1. The summed E-state index contributed by atoms with van der Waals surface area (Å²) in [6.45, 7) is 1.46. The number of halogens is 1.